The highest BCUT2D eigenvalue weighted by Gasteiger charge is 2.46. The van der Waals surface area contributed by atoms with Crippen LogP contribution in [0.5, 0.6) is 0 Å². The van der Waals surface area contributed by atoms with Crippen LogP contribution in [0.15, 0.2) is 24.3 Å². The molecule has 4 nitrogen and oxygen atoms in total. The van der Waals surface area contributed by atoms with Gasteiger partial charge in [-0.25, -0.2) is 4.79 Å². The number of rotatable bonds is 0. The van der Waals surface area contributed by atoms with Gasteiger partial charge in [-0.3, -0.25) is 4.90 Å². The van der Waals surface area contributed by atoms with E-state index >= 15 is 0 Å². The maximum Gasteiger partial charge on any atom is 0.411 e. The fraction of sp³-hybridized carbons (Fsp3) is 0.462. The molecule has 0 atom stereocenters. The molecule has 2 aliphatic rings. The van der Waals surface area contributed by atoms with Crippen LogP contribution in [0.25, 0.3) is 0 Å². The summed E-state index contributed by atoms with van der Waals surface area (Å²) in [6, 6.07) is 7.58. The maximum atomic E-state index is 13.2. The van der Waals surface area contributed by atoms with E-state index in [-0.39, 0.29) is 5.41 Å². The largest absolute Gasteiger partial charge is 0.465 e. The minimum absolute atomic E-state index is 0.197. The molecule has 1 saturated heterocycles. The van der Waals surface area contributed by atoms with Crippen LogP contribution in [0.1, 0.15) is 18.4 Å². The van der Waals surface area contributed by atoms with Crippen molar-refractivity contribution in [3.05, 3.63) is 29.8 Å². The molecule has 1 aromatic carbocycles. The molecule has 1 N–H and O–H groups in total. The van der Waals surface area contributed by atoms with Crippen molar-refractivity contribution in [2.45, 2.75) is 18.3 Å². The van der Waals surface area contributed by atoms with Gasteiger partial charge < -0.3 is 5.11 Å². The molecule has 0 saturated carbocycles. The first-order valence-corrected chi connectivity index (χ1v) is 6.13. The first kappa shape index (κ1) is 11.5. The van der Waals surface area contributed by atoms with E-state index in [0.29, 0.717) is 32.5 Å². The minimum Gasteiger partial charge on any atom is -0.465 e. The van der Waals surface area contributed by atoms with Crippen molar-refractivity contribution in [3.8, 4) is 0 Å². The monoisotopic (exact) mass is 250 g/mol. The smallest absolute Gasteiger partial charge is 0.411 e. The Bertz CT molecular complexity index is 484. The van der Waals surface area contributed by atoms with E-state index in [1.165, 1.54) is 4.90 Å². The third kappa shape index (κ3) is 1.58. The van der Waals surface area contributed by atoms with Crippen LogP contribution in [0.2, 0.25) is 0 Å². The summed E-state index contributed by atoms with van der Waals surface area (Å²) in [7, 11) is 0. The topological polar surface area (TPSA) is 43.8 Å². The average molecular weight is 250 g/mol. The van der Waals surface area contributed by atoms with Gasteiger partial charge in [0.25, 0.3) is 0 Å². The Hall–Kier alpha value is -1.62. The van der Waals surface area contributed by atoms with Crippen LogP contribution in [0.3, 0.4) is 0 Å². The molecule has 96 valence electrons. The molecule has 0 radical (unpaired) electrons. The summed E-state index contributed by atoms with van der Waals surface area (Å²) in [5.74, 6) is 0. The zero-order chi connectivity index (χ0) is 12.8. The molecule has 1 aromatic rings. The molecule has 1 spiro atoms. The third-order valence-corrected chi connectivity index (χ3v) is 4.12. The van der Waals surface area contributed by atoms with Gasteiger partial charge in [0.1, 0.15) is 0 Å². The first-order chi connectivity index (χ1) is 8.62. The Morgan fingerprint density at radius 3 is 2.61 bits per heavy atom. The summed E-state index contributed by atoms with van der Waals surface area (Å²) in [6.45, 7) is 1.21. The number of anilines is 1. The lowest BCUT2D eigenvalue weighted by molar-refractivity contribution is -0.0140. The lowest BCUT2D eigenvalue weighted by atomic mass is 9.75. The van der Waals surface area contributed by atoms with Crippen LogP contribution in [-0.2, 0) is 5.41 Å². The molecule has 1 fully saturated rings. The van der Waals surface area contributed by atoms with E-state index in [1.54, 1.807) is 0 Å². The van der Waals surface area contributed by atoms with Gasteiger partial charge in [-0.1, -0.05) is 18.2 Å². The number of halogens is 1. The van der Waals surface area contributed by atoms with E-state index in [4.69, 9.17) is 0 Å². The van der Waals surface area contributed by atoms with Crippen LogP contribution in [-0.4, -0.2) is 36.0 Å². The van der Waals surface area contributed by atoms with Crippen molar-refractivity contribution in [2.24, 2.45) is 0 Å². The summed E-state index contributed by atoms with van der Waals surface area (Å²) in [5, 5.41) is 10.1. The van der Waals surface area contributed by atoms with Gasteiger partial charge in [-0.05, 0) is 24.5 Å². The second-order valence-electron chi connectivity index (χ2n) is 5.08. The molecule has 18 heavy (non-hydrogen) atoms. The Morgan fingerprint density at radius 1 is 1.28 bits per heavy atom. The highest BCUT2D eigenvalue weighted by atomic mass is 19.2. The minimum atomic E-state index is -0.929. The van der Waals surface area contributed by atoms with Gasteiger partial charge in [-0.15, -0.1) is 9.60 Å². The molecule has 2 heterocycles. The number of hydrogen-bond donors (Lipinski definition) is 1. The Kier molecular flexibility index (Phi) is 2.52. The van der Waals surface area contributed by atoms with Gasteiger partial charge >= 0.3 is 6.09 Å². The predicted molar refractivity (Wildman–Crippen MR) is 65.4 cm³/mol. The highest BCUT2D eigenvalue weighted by Crippen LogP contribution is 2.46. The number of benzene rings is 1. The zero-order valence-corrected chi connectivity index (χ0v) is 9.97. The number of nitrogens with zero attached hydrogens (tertiary/aromatic N) is 2. The van der Waals surface area contributed by atoms with E-state index in [0.717, 1.165) is 16.4 Å². The molecule has 0 unspecified atom stereocenters. The number of carboxylic acid groups (broad SMARTS) is 1. The number of amides is 1. The SMILES string of the molecule is O=C(O)N1CC2(CCN(F)CC2)c2ccccc21. The molecule has 5 heteroatoms. The Morgan fingerprint density at radius 2 is 1.94 bits per heavy atom. The van der Waals surface area contributed by atoms with E-state index in [1.807, 2.05) is 24.3 Å². The number of piperidine rings is 1. The highest BCUT2D eigenvalue weighted by molar-refractivity contribution is 5.90. The molecule has 1 amide bonds. The molecular formula is C13H15FN2O2. The molecule has 0 aliphatic carbocycles. The van der Waals surface area contributed by atoms with Crippen molar-refractivity contribution < 1.29 is 14.4 Å². The molecular weight excluding hydrogens is 235 g/mol. The van der Waals surface area contributed by atoms with Crippen molar-refractivity contribution in [1.82, 2.24) is 5.12 Å². The lowest BCUT2D eigenvalue weighted by Crippen LogP contribution is -2.43. The van der Waals surface area contributed by atoms with Gasteiger partial charge in [0.2, 0.25) is 0 Å². The van der Waals surface area contributed by atoms with Crippen LogP contribution in [0, 0.1) is 0 Å². The van der Waals surface area contributed by atoms with E-state index < -0.39 is 6.09 Å². The van der Waals surface area contributed by atoms with Gasteiger partial charge in [0, 0.05) is 25.0 Å². The number of hydrogen-bond acceptors (Lipinski definition) is 2. The van der Waals surface area contributed by atoms with Gasteiger partial charge in [0.05, 0.1) is 5.69 Å². The average Bonchev–Trinajstić information content (AvgIpc) is 2.69. The quantitative estimate of drug-likeness (QED) is 0.719. The summed E-state index contributed by atoms with van der Waals surface area (Å²) in [5.41, 5.74) is 1.62. The predicted octanol–water partition coefficient (Wildman–Crippen LogP) is 2.40. The molecule has 2 aliphatic heterocycles. The Balaban J connectivity index is 2.02. The second-order valence-corrected chi connectivity index (χ2v) is 5.08. The fourth-order valence-corrected chi connectivity index (χ4v) is 3.14. The van der Waals surface area contributed by atoms with Gasteiger partial charge in [0.15, 0.2) is 0 Å². The normalized spacial score (nSPS) is 22.2. The molecule has 3 rings (SSSR count). The Labute approximate surface area is 105 Å². The van der Waals surface area contributed by atoms with Crippen molar-refractivity contribution >= 4 is 11.8 Å². The maximum absolute atomic E-state index is 13.2. The van der Waals surface area contributed by atoms with Crippen molar-refractivity contribution in [3.63, 3.8) is 0 Å². The van der Waals surface area contributed by atoms with E-state index in [2.05, 4.69) is 0 Å². The standard InChI is InChI=1S/C13H15FN2O2/c14-15-7-5-13(6-8-15)9-16(12(17)18)11-4-2-1-3-10(11)13/h1-4H,5-9H2,(H,17,18). The summed E-state index contributed by atoms with van der Waals surface area (Å²) in [6.07, 6.45) is 0.413. The third-order valence-electron chi connectivity index (χ3n) is 4.12. The number of para-hydroxylation sites is 1. The zero-order valence-electron chi connectivity index (χ0n) is 9.97. The molecule has 0 bridgehead atoms. The summed E-state index contributed by atoms with van der Waals surface area (Å²) in [4.78, 5) is 12.7. The van der Waals surface area contributed by atoms with Crippen LogP contribution in [0.4, 0.5) is 15.0 Å². The molecule has 0 aromatic heterocycles. The fourth-order valence-electron chi connectivity index (χ4n) is 3.14. The summed E-state index contributed by atoms with van der Waals surface area (Å²) < 4.78 is 13.2. The van der Waals surface area contributed by atoms with Crippen molar-refractivity contribution in [2.75, 3.05) is 24.5 Å². The van der Waals surface area contributed by atoms with E-state index in [9.17, 15) is 14.4 Å². The summed E-state index contributed by atoms with van der Waals surface area (Å²) >= 11 is 0. The number of carbonyl (C=O) groups is 1. The van der Waals surface area contributed by atoms with Crippen LogP contribution >= 0.6 is 0 Å². The van der Waals surface area contributed by atoms with Gasteiger partial charge in [-0.2, -0.15) is 0 Å². The second kappa shape index (κ2) is 3.95. The van der Waals surface area contributed by atoms with Crippen molar-refractivity contribution in [1.29, 1.82) is 0 Å². The van der Waals surface area contributed by atoms with Crippen LogP contribution < -0.4 is 4.90 Å². The first-order valence-electron chi connectivity index (χ1n) is 6.13. The lowest BCUT2D eigenvalue weighted by Gasteiger charge is -2.36. The number of fused-ring (bicyclic) bond motifs is 2.